The fraction of sp³-hybridized carbons (Fsp3) is 0.462. The van der Waals surface area contributed by atoms with Crippen molar-refractivity contribution in [1.29, 1.82) is 0 Å². The molecule has 1 fully saturated rings. The molecule has 1 atom stereocenters. The highest BCUT2D eigenvalue weighted by molar-refractivity contribution is 5.79. The van der Waals surface area contributed by atoms with E-state index in [-0.39, 0.29) is 11.9 Å². The Balaban J connectivity index is 1.98. The second kappa shape index (κ2) is 5.12. The van der Waals surface area contributed by atoms with Crippen molar-refractivity contribution >= 4 is 5.91 Å². The van der Waals surface area contributed by atoms with Crippen LogP contribution in [0, 0.1) is 0 Å². The van der Waals surface area contributed by atoms with Gasteiger partial charge in [-0.05, 0) is 18.4 Å². The second-order valence-electron chi connectivity index (χ2n) is 4.28. The van der Waals surface area contributed by atoms with Crippen LogP contribution in [0.3, 0.4) is 0 Å². The van der Waals surface area contributed by atoms with Crippen LogP contribution < -0.4 is 5.73 Å². The van der Waals surface area contributed by atoms with Crippen molar-refractivity contribution in [3.8, 4) is 0 Å². The third-order valence-electron chi connectivity index (χ3n) is 3.17. The van der Waals surface area contributed by atoms with Crippen molar-refractivity contribution in [1.82, 2.24) is 4.90 Å². The van der Waals surface area contributed by atoms with Gasteiger partial charge in [-0.3, -0.25) is 4.79 Å². The van der Waals surface area contributed by atoms with Crippen LogP contribution in [-0.4, -0.2) is 29.9 Å². The lowest BCUT2D eigenvalue weighted by Gasteiger charge is -2.23. The number of hydrogen-bond acceptors (Lipinski definition) is 2. The van der Waals surface area contributed by atoms with Crippen LogP contribution in [0.4, 0.5) is 0 Å². The minimum Gasteiger partial charge on any atom is -0.338 e. The molecule has 0 aromatic heterocycles. The lowest BCUT2D eigenvalue weighted by Crippen LogP contribution is -2.40. The lowest BCUT2D eigenvalue weighted by molar-refractivity contribution is -0.131. The van der Waals surface area contributed by atoms with Gasteiger partial charge < -0.3 is 10.6 Å². The minimum atomic E-state index is 0.208. The van der Waals surface area contributed by atoms with Crippen LogP contribution in [0.5, 0.6) is 0 Å². The number of hydrogen-bond donors (Lipinski definition) is 1. The molecule has 1 saturated heterocycles. The molecule has 1 aliphatic heterocycles. The number of nitrogens with two attached hydrogens (primary N) is 1. The van der Waals surface area contributed by atoms with E-state index >= 15 is 0 Å². The smallest absolute Gasteiger partial charge is 0.227 e. The monoisotopic (exact) mass is 218 g/mol. The van der Waals surface area contributed by atoms with E-state index in [0.29, 0.717) is 13.0 Å². The van der Waals surface area contributed by atoms with Crippen molar-refractivity contribution in [3.05, 3.63) is 35.9 Å². The van der Waals surface area contributed by atoms with E-state index in [1.54, 1.807) is 0 Å². The number of rotatable bonds is 3. The van der Waals surface area contributed by atoms with Crippen LogP contribution in [0.25, 0.3) is 0 Å². The zero-order valence-corrected chi connectivity index (χ0v) is 9.43. The van der Waals surface area contributed by atoms with Crippen molar-refractivity contribution in [2.45, 2.75) is 25.3 Å². The van der Waals surface area contributed by atoms with Gasteiger partial charge >= 0.3 is 0 Å². The number of benzene rings is 1. The zero-order chi connectivity index (χ0) is 11.4. The fourth-order valence-corrected chi connectivity index (χ4v) is 2.28. The highest BCUT2D eigenvalue weighted by Gasteiger charge is 2.27. The third-order valence-corrected chi connectivity index (χ3v) is 3.17. The first kappa shape index (κ1) is 11.1. The predicted molar refractivity (Wildman–Crippen MR) is 63.9 cm³/mol. The first-order valence-electron chi connectivity index (χ1n) is 5.84. The summed E-state index contributed by atoms with van der Waals surface area (Å²) >= 11 is 0. The summed E-state index contributed by atoms with van der Waals surface area (Å²) in [4.78, 5) is 14.0. The maximum Gasteiger partial charge on any atom is 0.227 e. The van der Waals surface area contributed by atoms with E-state index in [1.807, 2.05) is 35.2 Å². The van der Waals surface area contributed by atoms with E-state index in [4.69, 9.17) is 5.73 Å². The van der Waals surface area contributed by atoms with E-state index < -0.39 is 0 Å². The molecule has 0 saturated carbocycles. The summed E-state index contributed by atoms with van der Waals surface area (Å²) in [7, 11) is 0. The number of likely N-dealkylation sites (tertiary alicyclic amines) is 1. The zero-order valence-electron chi connectivity index (χ0n) is 9.43. The Morgan fingerprint density at radius 3 is 2.81 bits per heavy atom. The first-order chi connectivity index (χ1) is 7.81. The van der Waals surface area contributed by atoms with Crippen molar-refractivity contribution in [3.63, 3.8) is 0 Å². The van der Waals surface area contributed by atoms with Crippen LogP contribution in [0.1, 0.15) is 18.4 Å². The molecule has 1 aliphatic rings. The molecule has 0 aliphatic carbocycles. The fourth-order valence-electron chi connectivity index (χ4n) is 2.28. The lowest BCUT2D eigenvalue weighted by atomic mass is 10.1. The summed E-state index contributed by atoms with van der Waals surface area (Å²) in [6, 6.07) is 10.1. The average molecular weight is 218 g/mol. The minimum absolute atomic E-state index is 0.208. The van der Waals surface area contributed by atoms with Gasteiger partial charge in [0.1, 0.15) is 0 Å². The van der Waals surface area contributed by atoms with E-state index in [2.05, 4.69) is 0 Å². The maximum absolute atomic E-state index is 12.1. The first-order valence-corrected chi connectivity index (χ1v) is 5.84. The van der Waals surface area contributed by atoms with Gasteiger partial charge in [-0.2, -0.15) is 0 Å². The van der Waals surface area contributed by atoms with Gasteiger partial charge in [0, 0.05) is 19.1 Å². The van der Waals surface area contributed by atoms with Gasteiger partial charge in [0.15, 0.2) is 0 Å². The van der Waals surface area contributed by atoms with Gasteiger partial charge in [-0.1, -0.05) is 30.3 Å². The molecule has 3 heteroatoms. The molecule has 2 N–H and O–H groups in total. The summed E-state index contributed by atoms with van der Waals surface area (Å²) in [5.74, 6) is 0.208. The molecular weight excluding hydrogens is 200 g/mol. The molecule has 3 nitrogen and oxygen atoms in total. The normalized spacial score (nSPS) is 20.1. The molecule has 2 rings (SSSR count). The Labute approximate surface area is 96.2 Å². The van der Waals surface area contributed by atoms with Crippen LogP contribution in [0.15, 0.2) is 30.3 Å². The Hall–Kier alpha value is -1.35. The topological polar surface area (TPSA) is 46.3 Å². The molecule has 86 valence electrons. The van der Waals surface area contributed by atoms with Gasteiger partial charge in [0.25, 0.3) is 0 Å². The largest absolute Gasteiger partial charge is 0.338 e. The molecule has 1 unspecified atom stereocenters. The average Bonchev–Trinajstić information content (AvgIpc) is 2.78. The molecule has 0 bridgehead atoms. The summed E-state index contributed by atoms with van der Waals surface area (Å²) in [5, 5.41) is 0. The van der Waals surface area contributed by atoms with Crippen molar-refractivity contribution in [2.24, 2.45) is 5.73 Å². The highest BCUT2D eigenvalue weighted by atomic mass is 16.2. The SMILES string of the molecule is NCC1CCCN1C(=O)Cc1ccccc1. The molecule has 1 aromatic rings. The van der Waals surface area contributed by atoms with E-state index in [0.717, 1.165) is 24.9 Å². The Bertz CT molecular complexity index is 350. The number of carbonyl (C=O) groups is 1. The van der Waals surface area contributed by atoms with Gasteiger partial charge in [-0.15, -0.1) is 0 Å². The Morgan fingerprint density at radius 1 is 1.38 bits per heavy atom. The number of nitrogens with zero attached hydrogens (tertiary/aromatic N) is 1. The maximum atomic E-state index is 12.1. The van der Waals surface area contributed by atoms with E-state index in [1.165, 1.54) is 0 Å². The molecule has 16 heavy (non-hydrogen) atoms. The summed E-state index contributed by atoms with van der Waals surface area (Å²) in [6.45, 7) is 1.45. The predicted octanol–water partition coefficient (Wildman–Crippen LogP) is 1.18. The molecular formula is C13H18N2O. The van der Waals surface area contributed by atoms with Crippen LogP contribution in [-0.2, 0) is 11.2 Å². The molecule has 1 amide bonds. The highest BCUT2D eigenvalue weighted by Crippen LogP contribution is 2.17. The van der Waals surface area contributed by atoms with Crippen LogP contribution in [0.2, 0.25) is 0 Å². The van der Waals surface area contributed by atoms with Crippen molar-refractivity contribution in [2.75, 3.05) is 13.1 Å². The summed E-state index contributed by atoms with van der Waals surface area (Å²) in [5.41, 5.74) is 6.74. The van der Waals surface area contributed by atoms with E-state index in [9.17, 15) is 4.79 Å². The molecule has 0 spiro atoms. The van der Waals surface area contributed by atoms with Gasteiger partial charge in [0.05, 0.1) is 6.42 Å². The van der Waals surface area contributed by atoms with Gasteiger partial charge in [0.2, 0.25) is 5.91 Å². The molecule has 1 heterocycles. The quantitative estimate of drug-likeness (QED) is 0.828. The summed E-state index contributed by atoms with van der Waals surface area (Å²) in [6.07, 6.45) is 2.64. The third kappa shape index (κ3) is 2.42. The number of amides is 1. The second-order valence-corrected chi connectivity index (χ2v) is 4.28. The number of carbonyl (C=O) groups excluding carboxylic acids is 1. The standard InChI is InChI=1S/C13H18N2O/c14-10-12-7-4-8-15(12)13(16)9-11-5-2-1-3-6-11/h1-3,5-6,12H,4,7-10,14H2. The van der Waals surface area contributed by atoms with Crippen molar-refractivity contribution < 1.29 is 4.79 Å². The Morgan fingerprint density at radius 2 is 2.12 bits per heavy atom. The van der Waals surface area contributed by atoms with Crippen LogP contribution >= 0.6 is 0 Å². The van der Waals surface area contributed by atoms with Gasteiger partial charge in [-0.25, -0.2) is 0 Å². The Kier molecular flexibility index (Phi) is 3.57. The summed E-state index contributed by atoms with van der Waals surface area (Å²) < 4.78 is 0. The molecule has 0 radical (unpaired) electrons. The molecule has 1 aromatic carbocycles.